The summed E-state index contributed by atoms with van der Waals surface area (Å²) < 4.78 is 0. The third kappa shape index (κ3) is 5.01. The average Bonchev–Trinajstić information content (AvgIpc) is 2.99. The molecule has 0 amide bonds. The monoisotopic (exact) mass is 207 g/mol. The Hall–Kier alpha value is -0.780. The second-order valence-corrected chi connectivity index (χ2v) is 4.22. The normalized spacial score (nSPS) is 19.7. The van der Waals surface area contributed by atoms with E-state index in [2.05, 4.69) is 36.4 Å². The number of nitrogens with one attached hydrogen (secondary N) is 1. The van der Waals surface area contributed by atoms with E-state index in [0.29, 0.717) is 12.5 Å². The second-order valence-electron chi connectivity index (χ2n) is 4.22. The van der Waals surface area contributed by atoms with E-state index in [0.717, 1.165) is 6.54 Å². The number of hydrogen-bond donors (Lipinski definition) is 1. The van der Waals surface area contributed by atoms with Gasteiger partial charge in [0.05, 0.1) is 12.0 Å². The zero-order valence-corrected chi connectivity index (χ0v) is 9.97. The van der Waals surface area contributed by atoms with Gasteiger partial charge in [0.2, 0.25) is 0 Å². The molecular formula is C13H21NO. The smallest absolute Gasteiger partial charge is 0.0653 e. The first-order valence-electron chi connectivity index (χ1n) is 5.71. The van der Waals surface area contributed by atoms with Gasteiger partial charge in [0.1, 0.15) is 0 Å². The van der Waals surface area contributed by atoms with Crippen LogP contribution in [0.15, 0.2) is 12.2 Å². The molecule has 1 saturated carbocycles. The first kappa shape index (κ1) is 12.3. The first-order valence-corrected chi connectivity index (χ1v) is 5.71. The highest BCUT2D eigenvalue weighted by Crippen LogP contribution is 2.28. The summed E-state index contributed by atoms with van der Waals surface area (Å²) in [6.45, 7) is 7.55. The molecule has 0 aromatic heterocycles. The molecule has 0 radical (unpaired) electrons. The molecule has 15 heavy (non-hydrogen) atoms. The first-order chi connectivity index (χ1) is 7.20. The lowest BCUT2D eigenvalue weighted by Crippen LogP contribution is -2.29. The van der Waals surface area contributed by atoms with Gasteiger partial charge in [-0.3, -0.25) is 0 Å². The van der Waals surface area contributed by atoms with Crippen molar-refractivity contribution in [1.82, 2.24) is 5.48 Å². The maximum atomic E-state index is 5.15. The molecule has 1 atom stereocenters. The summed E-state index contributed by atoms with van der Waals surface area (Å²) in [6.07, 6.45) is 6.74. The maximum absolute atomic E-state index is 5.15. The summed E-state index contributed by atoms with van der Waals surface area (Å²) in [5.74, 6) is 7.31. The average molecular weight is 207 g/mol. The minimum Gasteiger partial charge on any atom is -0.302 e. The fourth-order valence-electron chi connectivity index (χ4n) is 1.31. The molecule has 0 heterocycles. The zero-order valence-electron chi connectivity index (χ0n) is 9.97. The van der Waals surface area contributed by atoms with Crippen LogP contribution in [-0.2, 0) is 4.84 Å². The van der Waals surface area contributed by atoms with Crippen LogP contribution >= 0.6 is 0 Å². The van der Waals surface area contributed by atoms with E-state index in [-0.39, 0.29) is 5.41 Å². The van der Waals surface area contributed by atoms with Crippen molar-refractivity contribution in [2.75, 3.05) is 13.2 Å². The van der Waals surface area contributed by atoms with Crippen LogP contribution < -0.4 is 5.48 Å². The van der Waals surface area contributed by atoms with Crippen LogP contribution in [0, 0.1) is 23.2 Å². The molecule has 2 nitrogen and oxygen atoms in total. The van der Waals surface area contributed by atoms with Crippen molar-refractivity contribution in [3.63, 3.8) is 0 Å². The summed E-state index contributed by atoms with van der Waals surface area (Å²) in [5, 5.41) is 0. The predicted octanol–water partition coefficient (Wildman–Crippen LogP) is 2.52. The highest BCUT2D eigenvalue weighted by molar-refractivity contribution is 5.22. The zero-order chi connectivity index (χ0) is 11.1. The topological polar surface area (TPSA) is 21.3 Å². The summed E-state index contributed by atoms with van der Waals surface area (Å²) in [4.78, 5) is 5.15. The highest BCUT2D eigenvalue weighted by atomic mass is 16.6. The van der Waals surface area contributed by atoms with Crippen LogP contribution in [0.4, 0.5) is 0 Å². The van der Waals surface area contributed by atoms with Crippen LogP contribution in [0.2, 0.25) is 0 Å². The van der Waals surface area contributed by atoms with Gasteiger partial charge in [-0.15, -0.1) is 0 Å². The third-order valence-electron chi connectivity index (χ3n) is 2.36. The van der Waals surface area contributed by atoms with Crippen LogP contribution in [0.1, 0.15) is 33.6 Å². The molecule has 84 valence electrons. The lowest BCUT2D eigenvalue weighted by molar-refractivity contribution is 0.0407. The molecule has 1 N–H and O–H groups in total. The van der Waals surface area contributed by atoms with E-state index in [1.54, 1.807) is 0 Å². The van der Waals surface area contributed by atoms with Gasteiger partial charge < -0.3 is 4.84 Å². The summed E-state index contributed by atoms with van der Waals surface area (Å²) in [7, 11) is 0. The number of rotatable bonds is 5. The van der Waals surface area contributed by atoms with Crippen LogP contribution in [0.25, 0.3) is 0 Å². The Morgan fingerprint density at radius 2 is 2.27 bits per heavy atom. The van der Waals surface area contributed by atoms with Gasteiger partial charge in [0.15, 0.2) is 0 Å². The highest BCUT2D eigenvalue weighted by Gasteiger charge is 2.21. The fourth-order valence-corrected chi connectivity index (χ4v) is 1.31. The maximum Gasteiger partial charge on any atom is 0.0653 e. The lowest BCUT2D eigenvalue weighted by Gasteiger charge is -2.19. The van der Waals surface area contributed by atoms with Crippen molar-refractivity contribution in [1.29, 1.82) is 0 Å². The Balaban J connectivity index is 2.48. The fraction of sp³-hybridized carbons (Fsp3) is 0.692. The molecule has 0 bridgehead atoms. The second kappa shape index (κ2) is 5.95. The molecule has 1 unspecified atom stereocenters. The Kier molecular flexibility index (Phi) is 4.87. The minimum absolute atomic E-state index is 0.105. The summed E-state index contributed by atoms with van der Waals surface area (Å²) >= 11 is 0. The molecular weight excluding hydrogens is 186 g/mol. The van der Waals surface area contributed by atoms with Gasteiger partial charge in [-0.1, -0.05) is 24.0 Å². The molecule has 2 heteroatoms. The lowest BCUT2D eigenvalue weighted by atomic mass is 9.91. The predicted molar refractivity (Wildman–Crippen MR) is 63.0 cm³/mol. The van der Waals surface area contributed by atoms with Crippen molar-refractivity contribution >= 4 is 0 Å². The quantitative estimate of drug-likeness (QED) is 0.324. The van der Waals surface area contributed by atoms with Gasteiger partial charge >= 0.3 is 0 Å². The molecule has 0 spiro atoms. The van der Waals surface area contributed by atoms with Crippen molar-refractivity contribution in [2.45, 2.75) is 33.6 Å². The Bertz CT molecular complexity index is 270. The molecule has 1 aliphatic carbocycles. The van der Waals surface area contributed by atoms with E-state index >= 15 is 0 Å². The van der Waals surface area contributed by atoms with Crippen molar-refractivity contribution < 1.29 is 4.84 Å². The number of hydroxylamine groups is 1. The molecule has 1 fully saturated rings. The summed E-state index contributed by atoms with van der Waals surface area (Å²) in [6, 6.07) is 0. The SMILES string of the molecule is C/C=C\C(C)(C#CC1CC1)CNOCC. The Labute approximate surface area is 93.0 Å². The number of allylic oxidation sites excluding steroid dienone is 1. The number of hydrogen-bond acceptors (Lipinski definition) is 2. The van der Waals surface area contributed by atoms with Crippen molar-refractivity contribution in [2.24, 2.45) is 11.3 Å². The van der Waals surface area contributed by atoms with E-state index in [1.807, 2.05) is 13.8 Å². The Morgan fingerprint density at radius 1 is 1.53 bits per heavy atom. The van der Waals surface area contributed by atoms with Gasteiger partial charge in [-0.25, -0.2) is 5.48 Å². The van der Waals surface area contributed by atoms with Gasteiger partial charge in [-0.05, 0) is 33.6 Å². The van der Waals surface area contributed by atoms with Gasteiger partial charge in [0, 0.05) is 12.5 Å². The van der Waals surface area contributed by atoms with E-state index < -0.39 is 0 Å². The van der Waals surface area contributed by atoms with E-state index in [9.17, 15) is 0 Å². The van der Waals surface area contributed by atoms with Crippen molar-refractivity contribution in [3.8, 4) is 11.8 Å². The minimum atomic E-state index is -0.105. The standard InChI is InChI=1S/C13H21NO/c1-4-9-13(3,11-14-15-5-2)10-8-12-6-7-12/h4,9,12,14H,5-7,11H2,1-3H3/b9-4-. The largest absolute Gasteiger partial charge is 0.302 e. The van der Waals surface area contributed by atoms with Gasteiger partial charge in [-0.2, -0.15) is 0 Å². The van der Waals surface area contributed by atoms with Crippen LogP contribution in [0.5, 0.6) is 0 Å². The van der Waals surface area contributed by atoms with Crippen LogP contribution in [-0.4, -0.2) is 13.2 Å². The molecule has 0 aliphatic heterocycles. The molecule has 1 aliphatic rings. The summed E-state index contributed by atoms with van der Waals surface area (Å²) in [5.41, 5.74) is 2.85. The third-order valence-corrected chi connectivity index (χ3v) is 2.36. The van der Waals surface area contributed by atoms with Gasteiger partial charge in [0.25, 0.3) is 0 Å². The van der Waals surface area contributed by atoms with E-state index in [1.165, 1.54) is 12.8 Å². The van der Waals surface area contributed by atoms with Crippen LogP contribution in [0.3, 0.4) is 0 Å². The van der Waals surface area contributed by atoms with Crippen molar-refractivity contribution in [3.05, 3.63) is 12.2 Å². The van der Waals surface area contributed by atoms with E-state index in [4.69, 9.17) is 4.84 Å². The molecule has 1 rings (SSSR count). The molecule has 0 aromatic rings. The molecule has 0 saturated heterocycles. The molecule has 0 aromatic carbocycles. The Morgan fingerprint density at radius 3 is 2.80 bits per heavy atom.